The van der Waals surface area contributed by atoms with Crippen LogP contribution in [0.15, 0.2) is 49.1 Å². The molecular weight excluding hydrogens is 386 g/mol. The van der Waals surface area contributed by atoms with Crippen LogP contribution in [0, 0.1) is 11.3 Å². The van der Waals surface area contributed by atoms with Gasteiger partial charge in [-0.1, -0.05) is 17.4 Å². The number of rotatable bonds is 4. The van der Waals surface area contributed by atoms with Gasteiger partial charge in [0.25, 0.3) is 0 Å². The summed E-state index contributed by atoms with van der Waals surface area (Å²) in [6.45, 7) is 2.38. The Morgan fingerprint density at radius 2 is 2.00 bits per heavy atom. The van der Waals surface area contributed by atoms with Crippen molar-refractivity contribution in [2.45, 2.75) is 6.92 Å². The van der Waals surface area contributed by atoms with Gasteiger partial charge in [0.15, 0.2) is 5.13 Å². The van der Waals surface area contributed by atoms with Gasteiger partial charge < -0.3 is 5.32 Å². The van der Waals surface area contributed by atoms with Gasteiger partial charge in [-0.2, -0.15) is 5.26 Å². The Morgan fingerprint density at radius 1 is 1.17 bits per heavy atom. The second-order valence-electron chi connectivity index (χ2n) is 6.02. The second-order valence-corrected chi connectivity index (χ2v) is 7.02. The molecule has 0 saturated heterocycles. The fourth-order valence-electron chi connectivity index (χ4n) is 2.83. The third-order valence-corrected chi connectivity index (χ3v) is 5.13. The Bertz CT molecular complexity index is 1210. The van der Waals surface area contributed by atoms with E-state index >= 15 is 0 Å². The number of nitriles is 1. The smallest absolute Gasteiger partial charge is 0.321 e. The summed E-state index contributed by atoms with van der Waals surface area (Å²) in [5.41, 5.74) is 4.24. The molecule has 8 nitrogen and oxygen atoms in total. The maximum Gasteiger partial charge on any atom is 0.321 e. The van der Waals surface area contributed by atoms with E-state index in [2.05, 4.69) is 30.6 Å². The Morgan fingerprint density at radius 3 is 2.69 bits per heavy atom. The molecule has 0 aliphatic heterocycles. The van der Waals surface area contributed by atoms with Gasteiger partial charge in [0.1, 0.15) is 6.07 Å². The van der Waals surface area contributed by atoms with E-state index in [1.807, 2.05) is 37.3 Å². The Hall–Kier alpha value is -3.90. The molecule has 0 spiro atoms. The number of fused-ring (bicyclic) bond motifs is 1. The second kappa shape index (κ2) is 8.00. The maximum absolute atomic E-state index is 11.9. The lowest BCUT2D eigenvalue weighted by Crippen LogP contribution is -2.28. The number of pyridine rings is 1. The SMILES string of the molecule is CCNC(=O)Nc1nc2cc(-c3cnc(C#N)nc3)cc(-c3cccnc3)c2s1. The highest BCUT2D eigenvalue weighted by atomic mass is 32.1. The van der Waals surface area contributed by atoms with Crippen LogP contribution in [0.4, 0.5) is 9.93 Å². The molecule has 0 saturated carbocycles. The Balaban J connectivity index is 1.85. The molecule has 0 bridgehead atoms. The summed E-state index contributed by atoms with van der Waals surface area (Å²) in [4.78, 5) is 28.8. The van der Waals surface area contributed by atoms with Gasteiger partial charge in [0.05, 0.1) is 10.2 Å². The molecule has 1 aromatic carbocycles. The summed E-state index contributed by atoms with van der Waals surface area (Å²) in [6, 6.07) is 9.39. The highest BCUT2D eigenvalue weighted by Gasteiger charge is 2.15. The average molecular weight is 401 g/mol. The fourth-order valence-corrected chi connectivity index (χ4v) is 3.80. The van der Waals surface area contributed by atoms with Gasteiger partial charge in [-0.3, -0.25) is 10.3 Å². The van der Waals surface area contributed by atoms with Crippen LogP contribution in [0.3, 0.4) is 0 Å². The van der Waals surface area contributed by atoms with Crippen molar-refractivity contribution < 1.29 is 4.79 Å². The first-order chi connectivity index (χ1) is 14.2. The zero-order valence-corrected chi connectivity index (χ0v) is 16.2. The first-order valence-electron chi connectivity index (χ1n) is 8.80. The van der Waals surface area contributed by atoms with E-state index < -0.39 is 0 Å². The maximum atomic E-state index is 11.9. The quantitative estimate of drug-likeness (QED) is 0.537. The standard InChI is InChI=1S/C20H15N7OS/c1-2-23-19(28)27-20-26-16-7-13(14-10-24-17(8-21)25-11-14)6-15(18(16)29-20)12-4-3-5-22-9-12/h3-7,9-11H,2H2,1H3,(H2,23,26,27,28). The molecule has 0 aliphatic carbocycles. The Labute approximate surface area is 170 Å². The van der Waals surface area contributed by atoms with Crippen molar-refractivity contribution in [2.75, 3.05) is 11.9 Å². The summed E-state index contributed by atoms with van der Waals surface area (Å²) >= 11 is 1.40. The summed E-state index contributed by atoms with van der Waals surface area (Å²) in [5.74, 6) is 0.115. The van der Waals surface area contributed by atoms with Gasteiger partial charge in [-0.05, 0) is 30.7 Å². The number of aromatic nitrogens is 4. The number of nitrogens with zero attached hydrogens (tertiary/aromatic N) is 5. The van der Waals surface area contributed by atoms with Crippen molar-refractivity contribution in [2.24, 2.45) is 0 Å². The summed E-state index contributed by atoms with van der Waals surface area (Å²) < 4.78 is 0.933. The molecule has 142 valence electrons. The van der Waals surface area contributed by atoms with Crippen LogP contribution in [0.1, 0.15) is 12.7 Å². The molecule has 2 amide bonds. The number of urea groups is 1. The molecule has 0 aliphatic rings. The fraction of sp³-hybridized carbons (Fsp3) is 0.100. The van der Waals surface area contributed by atoms with Crippen LogP contribution < -0.4 is 10.6 Å². The lowest BCUT2D eigenvalue weighted by molar-refractivity contribution is 0.252. The van der Waals surface area contributed by atoms with Gasteiger partial charge in [-0.15, -0.1) is 0 Å². The van der Waals surface area contributed by atoms with Crippen LogP contribution >= 0.6 is 11.3 Å². The Kier molecular flexibility index (Phi) is 5.09. The molecule has 9 heteroatoms. The van der Waals surface area contributed by atoms with Crippen LogP contribution in [-0.2, 0) is 0 Å². The highest BCUT2D eigenvalue weighted by molar-refractivity contribution is 7.22. The molecule has 0 unspecified atom stereocenters. The largest absolute Gasteiger partial charge is 0.338 e. The highest BCUT2D eigenvalue weighted by Crippen LogP contribution is 2.38. The molecule has 29 heavy (non-hydrogen) atoms. The molecule has 0 radical (unpaired) electrons. The monoisotopic (exact) mass is 401 g/mol. The third-order valence-electron chi connectivity index (χ3n) is 4.11. The summed E-state index contributed by atoms with van der Waals surface area (Å²) in [7, 11) is 0. The number of benzene rings is 1. The lowest BCUT2D eigenvalue weighted by atomic mass is 10.0. The number of anilines is 1. The summed E-state index contributed by atoms with van der Waals surface area (Å²) in [6.07, 6.45) is 6.72. The van der Waals surface area contributed by atoms with Crippen molar-refractivity contribution in [3.63, 3.8) is 0 Å². The number of nitrogens with one attached hydrogen (secondary N) is 2. The molecular formula is C20H15N7OS. The van der Waals surface area contributed by atoms with Gasteiger partial charge >= 0.3 is 6.03 Å². The number of amides is 2. The first-order valence-corrected chi connectivity index (χ1v) is 9.62. The van der Waals surface area contributed by atoms with Crippen molar-refractivity contribution in [3.8, 4) is 28.3 Å². The zero-order valence-electron chi connectivity index (χ0n) is 15.4. The number of carbonyl (C=O) groups is 1. The molecule has 3 heterocycles. The normalized spacial score (nSPS) is 10.5. The van der Waals surface area contributed by atoms with Crippen molar-refractivity contribution in [1.82, 2.24) is 25.3 Å². The number of hydrogen-bond acceptors (Lipinski definition) is 7. The predicted molar refractivity (Wildman–Crippen MR) is 111 cm³/mol. The molecule has 4 rings (SSSR count). The minimum Gasteiger partial charge on any atom is -0.338 e. The van der Waals surface area contributed by atoms with Crippen LogP contribution in [0.5, 0.6) is 0 Å². The first kappa shape index (κ1) is 18.5. The number of hydrogen-bond donors (Lipinski definition) is 2. The molecule has 4 aromatic rings. The van der Waals surface area contributed by atoms with Crippen molar-refractivity contribution in [3.05, 3.63) is 54.9 Å². The van der Waals surface area contributed by atoms with Gasteiger partial charge in [0.2, 0.25) is 5.82 Å². The number of thiazole rings is 1. The van der Waals surface area contributed by atoms with Crippen LogP contribution in [0.25, 0.3) is 32.5 Å². The predicted octanol–water partition coefficient (Wildman–Crippen LogP) is 3.83. The van der Waals surface area contributed by atoms with Crippen molar-refractivity contribution in [1.29, 1.82) is 5.26 Å². The lowest BCUT2D eigenvalue weighted by Gasteiger charge is -2.07. The van der Waals surface area contributed by atoms with E-state index in [0.29, 0.717) is 11.7 Å². The molecule has 2 N–H and O–H groups in total. The summed E-state index contributed by atoms with van der Waals surface area (Å²) in [5, 5.41) is 14.9. The van der Waals surface area contributed by atoms with E-state index in [-0.39, 0.29) is 11.9 Å². The minimum atomic E-state index is -0.296. The van der Waals surface area contributed by atoms with E-state index in [1.165, 1.54) is 11.3 Å². The third kappa shape index (κ3) is 3.88. The van der Waals surface area contributed by atoms with E-state index in [1.54, 1.807) is 24.8 Å². The van der Waals surface area contributed by atoms with Crippen LogP contribution in [0.2, 0.25) is 0 Å². The topological polar surface area (TPSA) is 116 Å². The van der Waals surface area contributed by atoms with Crippen molar-refractivity contribution >= 4 is 32.7 Å². The van der Waals surface area contributed by atoms with E-state index in [4.69, 9.17) is 5.26 Å². The average Bonchev–Trinajstić information content (AvgIpc) is 3.16. The molecule has 0 atom stereocenters. The van der Waals surface area contributed by atoms with Crippen LogP contribution in [-0.4, -0.2) is 32.5 Å². The molecule has 0 fully saturated rings. The number of carbonyl (C=O) groups excluding carboxylic acids is 1. The van der Waals surface area contributed by atoms with Gasteiger partial charge in [0, 0.05) is 48.0 Å². The van der Waals surface area contributed by atoms with Gasteiger partial charge in [-0.25, -0.2) is 19.7 Å². The minimum absolute atomic E-state index is 0.115. The molecule has 3 aromatic heterocycles. The van der Waals surface area contributed by atoms with E-state index in [9.17, 15) is 4.79 Å². The zero-order chi connectivity index (χ0) is 20.2. The van der Waals surface area contributed by atoms with E-state index in [0.717, 1.165) is 32.5 Å².